The van der Waals surface area contributed by atoms with E-state index in [1.54, 1.807) is 0 Å². The predicted molar refractivity (Wildman–Crippen MR) is 80.8 cm³/mol. The van der Waals surface area contributed by atoms with Crippen LogP contribution < -0.4 is 0 Å². The lowest BCUT2D eigenvalue weighted by atomic mass is 10.2. The number of hydrogen-bond acceptors (Lipinski definition) is 7. The van der Waals surface area contributed by atoms with Gasteiger partial charge in [0, 0.05) is 11.8 Å². The van der Waals surface area contributed by atoms with Gasteiger partial charge in [0.05, 0.1) is 0 Å². The summed E-state index contributed by atoms with van der Waals surface area (Å²) in [4.78, 5) is 0. The molecule has 15 heavy (non-hydrogen) atoms. The molecule has 0 aliphatic heterocycles. The highest BCUT2D eigenvalue weighted by Crippen LogP contribution is 2.39. The molecule has 0 spiro atoms. The fraction of sp³-hybridized carbons (Fsp3) is 1.00. The van der Waals surface area contributed by atoms with Crippen molar-refractivity contribution in [2.75, 3.05) is 0 Å². The van der Waals surface area contributed by atoms with E-state index in [0.717, 1.165) is 12.3 Å². The average Bonchev–Trinajstić information content (AvgIpc) is 2.02. The van der Waals surface area contributed by atoms with Crippen molar-refractivity contribution < 1.29 is 8.37 Å². The van der Waals surface area contributed by atoms with Crippen LogP contribution in [-0.4, -0.2) is 8.53 Å². The lowest BCUT2D eigenvalue weighted by Gasteiger charge is -2.29. The molecule has 0 N–H and O–H groups in total. The van der Waals surface area contributed by atoms with Crippen LogP contribution in [0.2, 0.25) is 0 Å². The van der Waals surface area contributed by atoms with Gasteiger partial charge in [-0.15, -0.1) is 50.5 Å². The second kappa shape index (κ2) is 6.56. The molecule has 0 rings (SSSR count). The van der Waals surface area contributed by atoms with Crippen LogP contribution in [0.15, 0.2) is 0 Å². The van der Waals surface area contributed by atoms with Crippen molar-refractivity contribution in [3.05, 3.63) is 0 Å². The van der Waals surface area contributed by atoms with Gasteiger partial charge in [0.1, 0.15) is 0 Å². The van der Waals surface area contributed by atoms with E-state index >= 15 is 0 Å². The third kappa shape index (κ3) is 6.24. The van der Waals surface area contributed by atoms with Crippen LogP contribution in [0.3, 0.4) is 0 Å². The minimum atomic E-state index is -0.834. The van der Waals surface area contributed by atoms with Gasteiger partial charge < -0.3 is 0 Å². The average molecular weight is 307 g/mol. The highest BCUT2D eigenvalue weighted by molar-refractivity contribution is 8.03. The van der Waals surface area contributed by atoms with Crippen molar-refractivity contribution in [3.8, 4) is 0 Å². The Bertz CT molecular complexity index is 173. The summed E-state index contributed by atoms with van der Waals surface area (Å²) in [6.07, 6.45) is 0. The van der Waals surface area contributed by atoms with Crippen molar-refractivity contribution >= 4 is 62.8 Å². The molecule has 0 aromatic rings. The van der Waals surface area contributed by atoms with Crippen molar-refractivity contribution in [2.45, 2.75) is 36.2 Å². The standard InChI is InChI=1S/C8H18O2S5/c1-5(2)7(11,12)9-15-10-8(13,14)6(3)4/h5-6,11-14H,1-4H3. The van der Waals surface area contributed by atoms with Crippen LogP contribution in [0.1, 0.15) is 27.7 Å². The van der Waals surface area contributed by atoms with Crippen LogP contribution in [0, 0.1) is 11.8 Å². The molecule has 0 aromatic carbocycles. The molecule has 0 unspecified atom stereocenters. The smallest absolute Gasteiger partial charge is 0.173 e. The van der Waals surface area contributed by atoms with E-state index in [2.05, 4.69) is 50.5 Å². The Labute approximate surface area is 119 Å². The maximum Gasteiger partial charge on any atom is 0.173 e. The van der Waals surface area contributed by atoms with E-state index in [1.807, 2.05) is 27.7 Å². The number of thiol groups is 4. The quantitative estimate of drug-likeness (QED) is 0.339. The maximum atomic E-state index is 5.30. The predicted octanol–water partition coefficient (Wildman–Crippen LogP) is 3.92. The Hall–Kier alpha value is 1.67. The zero-order valence-corrected chi connectivity index (χ0v) is 13.6. The van der Waals surface area contributed by atoms with E-state index in [1.165, 1.54) is 0 Å². The molecule has 0 atom stereocenters. The van der Waals surface area contributed by atoms with Gasteiger partial charge in [-0.05, 0) is 0 Å². The Kier molecular flexibility index (Phi) is 7.29. The lowest BCUT2D eigenvalue weighted by Crippen LogP contribution is -2.26. The van der Waals surface area contributed by atoms with Crippen molar-refractivity contribution in [1.29, 1.82) is 0 Å². The van der Waals surface area contributed by atoms with Gasteiger partial charge in [-0.25, -0.2) is 0 Å². The summed E-state index contributed by atoms with van der Waals surface area (Å²) in [5, 5.41) is 0. The molecule has 0 aromatic heterocycles. The molecule has 0 aliphatic carbocycles. The zero-order valence-electron chi connectivity index (χ0n) is 9.17. The van der Waals surface area contributed by atoms with Crippen molar-refractivity contribution in [3.63, 3.8) is 0 Å². The Morgan fingerprint density at radius 1 is 0.800 bits per heavy atom. The summed E-state index contributed by atoms with van der Waals surface area (Å²) in [6, 6.07) is 0. The summed E-state index contributed by atoms with van der Waals surface area (Å²) in [7, 11) is 0. The third-order valence-corrected chi connectivity index (χ3v) is 5.40. The molecule has 0 radical (unpaired) electrons. The van der Waals surface area contributed by atoms with Crippen molar-refractivity contribution in [2.24, 2.45) is 11.8 Å². The Morgan fingerprint density at radius 3 is 1.27 bits per heavy atom. The lowest BCUT2D eigenvalue weighted by molar-refractivity contribution is 0.178. The first-order valence-corrected chi connectivity index (χ1v) is 6.98. The number of hydrogen-bond donors (Lipinski definition) is 4. The molecular weight excluding hydrogens is 288 g/mol. The molecule has 0 aliphatic rings. The number of rotatable bonds is 6. The molecule has 2 nitrogen and oxygen atoms in total. The fourth-order valence-corrected chi connectivity index (χ4v) is 1.29. The highest BCUT2D eigenvalue weighted by Gasteiger charge is 2.31. The summed E-state index contributed by atoms with van der Waals surface area (Å²) < 4.78 is 8.94. The van der Waals surface area contributed by atoms with Crippen LogP contribution in [0.25, 0.3) is 0 Å². The Morgan fingerprint density at radius 2 is 1.07 bits per heavy atom. The summed E-state index contributed by atoms with van der Waals surface area (Å²) >= 11 is 17.8. The highest BCUT2D eigenvalue weighted by atomic mass is 32.2. The van der Waals surface area contributed by atoms with Crippen molar-refractivity contribution in [1.82, 2.24) is 0 Å². The first-order chi connectivity index (χ1) is 6.59. The molecule has 0 amide bonds. The van der Waals surface area contributed by atoms with Gasteiger partial charge in [0.15, 0.2) is 20.9 Å². The van der Waals surface area contributed by atoms with E-state index < -0.39 is 8.53 Å². The molecule has 0 fully saturated rings. The van der Waals surface area contributed by atoms with Gasteiger partial charge in [0.2, 0.25) is 0 Å². The minimum absolute atomic E-state index is 0.147. The van der Waals surface area contributed by atoms with Crippen LogP contribution in [0.4, 0.5) is 0 Å². The van der Waals surface area contributed by atoms with Gasteiger partial charge in [-0.1, -0.05) is 27.7 Å². The summed E-state index contributed by atoms with van der Waals surface area (Å²) in [5.41, 5.74) is 0. The largest absolute Gasteiger partial charge is 0.263 e. The van der Waals surface area contributed by atoms with Gasteiger partial charge in [-0.3, -0.25) is 8.37 Å². The zero-order chi connectivity index (χ0) is 12.3. The van der Waals surface area contributed by atoms with E-state index in [0.29, 0.717) is 0 Å². The normalized spacial score (nSPS) is 14.0. The summed E-state index contributed by atoms with van der Waals surface area (Å²) in [6.45, 7) is 7.82. The topological polar surface area (TPSA) is 18.5 Å². The first-order valence-electron chi connectivity index (χ1n) is 4.52. The molecule has 0 bridgehead atoms. The molecule has 0 heterocycles. The first kappa shape index (κ1) is 16.7. The molecule has 7 heteroatoms. The van der Waals surface area contributed by atoms with Crippen LogP contribution in [0.5, 0.6) is 0 Å². The van der Waals surface area contributed by atoms with Crippen LogP contribution >= 0.6 is 62.8 Å². The monoisotopic (exact) mass is 306 g/mol. The van der Waals surface area contributed by atoms with Gasteiger partial charge >= 0.3 is 0 Å². The van der Waals surface area contributed by atoms with E-state index in [-0.39, 0.29) is 11.8 Å². The van der Waals surface area contributed by atoms with Gasteiger partial charge in [-0.2, -0.15) is 0 Å². The van der Waals surface area contributed by atoms with Crippen LogP contribution in [-0.2, 0) is 8.37 Å². The maximum absolute atomic E-state index is 5.30. The molecule has 92 valence electrons. The van der Waals surface area contributed by atoms with Gasteiger partial charge in [0.25, 0.3) is 0 Å². The Balaban J connectivity index is 4.00. The fourth-order valence-electron chi connectivity index (χ4n) is 0.310. The van der Waals surface area contributed by atoms with E-state index in [4.69, 9.17) is 8.37 Å². The third-order valence-electron chi connectivity index (χ3n) is 1.82. The SMILES string of the molecule is CC(C)C(S)(S)OSOC(S)(S)C(C)C. The molecular formula is C8H18O2S5. The van der Waals surface area contributed by atoms with E-state index in [9.17, 15) is 0 Å². The second-order valence-electron chi connectivity index (χ2n) is 3.86. The molecule has 0 saturated carbocycles. The molecule has 0 saturated heterocycles. The minimum Gasteiger partial charge on any atom is -0.263 e. The second-order valence-corrected chi connectivity index (χ2v) is 7.69. The summed E-state index contributed by atoms with van der Waals surface area (Å²) in [5.74, 6) is 0.294.